The zero-order valence-electron chi connectivity index (χ0n) is 15.8. The Morgan fingerprint density at radius 3 is 2.79 bits per heavy atom. The van der Waals surface area contributed by atoms with Gasteiger partial charge >= 0.3 is 0 Å². The molecule has 2 aliphatic rings. The van der Waals surface area contributed by atoms with Crippen LogP contribution in [0.2, 0.25) is 0 Å². The van der Waals surface area contributed by atoms with E-state index in [9.17, 15) is 0 Å². The van der Waals surface area contributed by atoms with E-state index in [2.05, 4.69) is 59.3 Å². The van der Waals surface area contributed by atoms with E-state index in [1.165, 1.54) is 18.4 Å². The Morgan fingerprint density at radius 2 is 2.00 bits per heavy atom. The predicted octanol–water partition coefficient (Wildman–Crippen LogP) is 5.41. The Morgan fingerprint density at radius 1 is 1.11 bits per heavy atom. The van der Waals surface area contributed by atoms with E-state index in [-0.39, 0.29) is 0 Å². The molecule has 2 heterocycles. The molecule has 0 spiro atoms. The first-order valence-electron chi connectivity index (χ1n) is 9.94. The Labute approximate surface area is 165 Å². The minimum absolute atomic E-state index is 0.516. The van der Waals surface area contributed by atoms with Crippen molar-refractivity contribution in [3.8, 4) is 17.7 Å². The molecule has 0 unspecified atom stereocenters. The number of benzene rings is 1. The third-order valence-electron chi connectivity index (χ3n) is 5.11. The van der Waals surface area contributed by atoms with Crippen LogP contribution in [0, 0.1) is 17.8 Å². The number of hydrogen-bond donors (Lipinski definition) is 0. The average molecular weight is 366 g/mol. The van der Waals surface area contributed by atoms with Gasteiger partial charge in [-0.3, -0.25) is 4.40 Å². The summed E-state index contributed by atoms with van der Waals surface area (Å²) in [6, 6.07) is 14.5. The van der Waals surface area contributed by atoms with Crippen molar-refractivity contribution in [3.63, 3.8) is 0 Å². The van der Waals surface area contributed by atoms with Gasteiger partial charge in [0, 0.05) is 12.0 Å². The molecule has 0 radical (unpaired) electrons. The van der Waals surface area contributed by atoms with Crippen molar-refractivity contribution in [1.82, 2.24) is 9.38 Å². The number of imidazole rings is 1. The molecule has 28 heavy (non-hydrogen) atoms. The summed E-state index contributed by atoms with van der Waals surface area (Å²) >= 11 is 0. The maximum atomic E-state index is 6.26. The van der Waals surface area contributed by atoms with Crippen LogP contribution in [0.4, 0.5) is 0 Å². The van der Waals surface area contributed by atoms with Gasteiger partial charge in [-0.15, -0.1) is 0 Å². The fourth-order valence-electron chi connectivity index (χ4n) is 3.40. The molecule has 1 aromatic carbocycles. The summed E-state index contributed by atoms with van der Waals surface area (Å²) in [4.78, 5) is 4.62. The Hall–Kier alpha value is -3.25. The Balaban J connectivity index is 1.56. The summed E-state index contributed by atoms with van der Waals surface area (Å²) in [6.45, 7) is 0.516. The predicted molar refractivity (Wildman–Crippen MR) is 112 cm³/mol. The number of pyridine rings is 1. The normalized spacial score (nSPS) is 15.8. The lowest BCUT2D eigenvalue weighted by Gasteiger charge is -2.13. The highest BCUT2D eigenvalue weighted by Gasteiger charge is 2.18. The lowest BCUT2D eigenvalue weighted by Crippen LogP contribution is -2.03. The summed E-state index contributed by atoms with van der Waals surface area (Å²) in [5.74, 6) is 7.99. The van der Waals surface area contributed by atoms with Gasteiger partial charge in [0.05, 0.1) is 6.20 Å². The van der Waals surface area contributed by atoms with Gasteiger partial charge in [-0.2, -0.15) is 0 Å². The zero-order valence-corrected chi connectivity index (χ0v) is 15.8. The molecule has 0 saturated heterocycles. The van der Waals surface area contributed by atoms with Crippen LogP contribution in [0.15, 0.2) is 66.9 Å². The van der Waals surface area contributed by atoms with Crippen molar-refractivity contribution >= 4 is 11.2 Å². The minimum atomic E-state index is 0.516. The largest absolute Gasteiger partial charge is 0.474 e. The number of ether oxygens (including phenoxy) is 1. The number of allylic oxidation sites excluding steroid dienone is 4. The molecule has 5 rings (SSSR count). The van der Waals surface area contributed by atoms with Gasteiger partial charge in [0.1, 0.15) is 17.9 Å². The summed E-state index contributed by atoms with van der Waals surface area (Å²) in [5, 5.41) is 0. The molecular formula is C25H22N2O. The molecule has 0 atom stereocenters. The third-order valence-corrected chi connectivity index (χ3v) is 5.11. The molecule has 0 bridgehead atoms. The van der Waals surface area contributed by atoms with Crippen molar-refractivity contribution < 1.29 is 4.74 Å². The zero-order chi connectivity index (χ0) is 18.8. The number of fused-ring (bicyclic) bond motifs is 1. The topological polar surface area (TPSA) is 26.5 Å². The minimum Gasteiger partial charge on any atom is -0.474 e. The highest BCUT2D eigenvalue weighted by Crippen LogP contribution is 2.29. The fraction of sp³-hybridized carbons (Fsp3) is 0.240. The highest BCUT2D eigenvalue weighted by atomic mass is 16.5. The van der Waals surface area contributed by atoms with Gasteiger partial charge in [0.2, 0.25) is 5.88 Å². The van der Waals surface area contributed by atoms with Crippen LogP contribution >= 0.6 is 0 Å². The molecule has 3 heteroatoms. The quantitative estimate of drug-likeness (QED) is 0.577. The van der Waals surface area contributed by atoms with Gasteiger partial charge < -0.3 is 4.74 Å². The molecule has 0 amide bonds. The highest BCUT2D eigenvalue weighted by molar-refractivity contribution is 5.77. The van der Waals surface area contributed by atoms with Crippen molar-refractivity contribution in [2.75, 3.05) is 0 Å². The van der Waals surface area contributed by atoms with E-state index < -0.39 is 0 Å². The van der Waals surface area contributed by atoms with Crippen molar-refractivity contribution in [1.29, 1.82) is 0 Å². The summed E-state index contributed by atoms with van der Waals surface area (Å²) < 4.78 is 8.30. The molecule has 138 valence electrons. The lowest BCUT2D eigenvalue weighted by molar-refractivity contribution is 0.290. The van der Waals surface area contributed by atoms with Gasteiger partial charge in [-0.05, 0) is 54.4 Å². The van der Waals surface area contributed by atoms with E-state index >= 15 is 0 Å². The van der Waals surface area contributed by atoms with Gasteiger partial charge in [-0.25, -0.2) is 4.98 Å². The van der Waals surface area contributed by atoms with Crippen molar-refractivity contribution in [2.24, 2.45) is 5.92 Å². The smallest absolute Gasteiger partial charge is 0.201 e. The van der Waals surface area contributed by atoms with E-state index in [1.807, 2.05) is 28.8 Å². The molecule has 3 nitrogen and oxygen atoms in total. The SMILES string of the molecule is C(#CC1CC1)c1cnc2cc(C3=CCCC=C3)cc(OCc3ccccc3)n12. The molecule has 2 aliphatic carbocycles. The summed E-state index contributed by atoms with van der Waals surface area (Å²) in [7, 11) is 0. The fourth-order valence-corrected chi connectivity index (χ4v) is 3.40. The maximum absolute atomic E-state index is 6.26. The molecule has 0 N–H and O–H groups in total. The average Bonchev–Trinajstić information content (AvgIpc) is 3.50. The second-order valence-electron chi connectivity index (χ2n) is 7.38. The van der Waals surface area contributed by atoms with Crippen LogP contribution in [0.1, 0.15) is 42.5 Å². The van der Waals surface area contributed by atoms with Crippen LogP contribution in [0.5, 0.6) is 5.88 Å². The second-order valence-corrected chi connectivity index (χ2v) is 7.38. The first-order chi connectivity index (χ1) is 13.9. The third kappa shape index (κ3) is 3.59. The molecular weight excluding hydrogens is 344 g/mol. The van der Waals surface area contributed by atoms with E-state index in [0.29, 0.717) is 12.5 Å². The number of rotatable bonds is 4. The molecule has 3 aromatic rings. The van der Waals surface area contributed by atoms with Crippen LogP contribution in [0.25, 0.3) is 11.2 Å². The molecule has 1 saturated carbocycles. The first kappa shape index (κ1) is 16.9. The summed E-state index contributed by atoms with van der Waals surface area (Å²) in [6.07, 6.45) is 13.2. The van der Waals surface area contributed by atoms with Gasteiger partial charge in [0.25, 0.3) is 0 Å². The second kappa shape index (κ2) is 7.40. The van der Waals surface area contributed by atoms with E-state index in [4.69, 9.17) is 4.74 Å². The van der Waals surface area contributed by atoms with E-state index in [1.54, 1.807) is 0 Å². The first-order valence-corrected chi connectivity index (χ1v) is 9.94. The Bertz CT molecular complexity index is 1120. The monoisotopic (exact) mass is 366 g/mol. The van der Waals surface area contributed by atoms with Crippen LogP contribution < -0.4 is 4.74 Å². The van der Waals surface area contributed by atoms with Crippen LogP contribution in [-0.4, -0.2) is 9.38 Å². The number of hydrogen-bond acceptors (Lipinski definition) is 2. The molecule has 1 fully saturated rings. The molecule has 0 aliphatic heterocycles. The van der Waals surface area contributed by atoms with Crippen LogP contribution in [0.3, 0.4) is 0 Å². The lowest BCUT2D eigenvalue weighted by atomic mass is 10.0. The summed E-state index contributed by atoms with van der Waals surface area (Å²) in [5.41, 5.74) is 5.28. The van der Waals surface area contributed by atoms with E-state index in [0.717, 1.165) is 41.2 Å². The Kier molecular flexibility index (Phi) is 4.47. The van der Waals surface area contributed by atoms with Gasteiger partial charge in [0.15, 0.2) is 0 Å². The van der Waals surface area contributed by atoms with Crippen molar-refractivity contribution in [3.05, 3.63) is 83.7 Å². The number of aromatic nitrogens is 2. The van der Waals surface area contributed by atoms with Gasteiger partial charge in [-0.1, -0.05) is 54.5 Å². The van der Waals surface area contributed by atoms with Crippen LogP contribution in [-0.2, 0) is 6.61 Å². The molecule has 2 aromatic heterocycles. The maximum Gasteiger partial charge on any atom is 0.201 e. The standard InChI is InChI=1S/C25H22N2O/c1-3-7-20(8-4-1)18-28-25-16-22(21-9-5-2-6-10-21)15-24-26-17-23(27(24)25)14-13-19-11-12-19/h1,3-5,7-10,15-17,19H,2,6,11-12,18H2. The van der Waals surface area contributed by atoms with Crippen molar-refractivity contribution in [2.45, 2.75) is 32.3 Å². The number of nitrogens with zero attached hydrogens (tertiary/aromatic N) is 2.